The van der Waals surface area contributed by atoms with Gasteiger partial charge in [0.15, 0.2) is 6.61 Å². The van der Waals surface area contributed by atoms with E-state index in [0.717, 1.165) is 23.3 Å². The van der Waals surface area contributed by atoms with Gasteiger partial charge in [0.2, 0.25) is 0 Å². The molecule has 0 aliphatic heterocycles. The number of rotatable bonds is 11. The van der Waals surface area contributed by atoms with Crippen LogP contribution in [0.3, 0.4) is 0 Å². The molecule has 0 saturated heterocycles. The zero-order chi connectivity index (χ0) is 22.8. The summed E-state index contributed by atoms with van der Waals surface area (Å²) in [5.74, 6) is -1.12. The van der Waals surface area contributed by atoms with E-state index in [-0.39, 0.29) is 41.9 Å². The summed E-state index contributed by atoms with van der Waals surface area (Å²) in [4.78, 5) is 37.5. The van der Waals surface area contributed by atoms with E-state index in [4.69, 9.17) is 18.9 Å². The molecule has 0 spiro atoms. The van der Waals surface area contributed by atoms with Crippen molar-refractivity contribution in [1.29, 1.82) is 0 Å². The van der Waals surface area contributed by atoms with Crippen LogP contribution in [-0.2, 0) is 25.4 Å². The molecule has 9 heteroatoms. The zero-order valence-corrected chi connectivity index (χ0v) is 18.9. The molecule has 8 nitrogen and oxygen atoms in total. The third-order valence-corrected chi connectivity index (χ3v) is 5.45. The van der Waals surface area contributed by atoms with Crippen molar-refractivity contribution < 1.29 is 33.3 Å². The van der Waals surface area contributed by atoms with Crippen molar-refractivity contribution in [3.8, 4) is 5.75 Å². The van der Waals surface area contributed by atoms with Gasteiger partial charge in [-0.3, -0.25) is 4.79 Å². The smallest absolute Gasteiger partial charge is 0.348 e. The fourth-order valence-corrected chi connectivity index (χ4v) is 3.80. The number of amides is 1. The molecule has 1 aromatic heterocycles. The lowest BCUT2D eigenvalue weighted by Gasteiger charge is -2.09. The summed E-state index contributed by atoms with van der Waals surface area (Å²) in [6.45, 7) is 5.55. The van der Waals surface area contributed by atoms with Gasteiger partial charge < -0.3 is 24.3 Å². The first-order valence-corrected chi connectivity index (χ1v) is 10.7. The number of ether oxygens (including phenoxy) is 4. The number of carbonyl (C=O) groups is 3. The standard InChI is InChI=1S/C22H27NO7S/c1-5-15-8-7-9-16(12-15)30-13-17(24)23-20-18(21(25)28-6-2)14(3)19(31-20)22(26)29-11-10-27-4/h7-9,12H,5-6,10-11,13H2,1-4H3,(H,23,24). The summed E-state index contributed by atoms with van der Waals surface area (Å²) in [5, 5.41) is 2.87. The van der Waals surface area contributed by atoms with E-state index in [1.165, 1.54) is 7.11 Å². The van der Waals surface area contributed by atoms with Crippen LogP contribution in [-0.4, -0.2) is 51.4 Å². The Bertz CT molecular complexity index is 923. The summed E-state index contributed by atoms with van der Waals surface area (Å²) < 4.78 is 20.7. The highest BCUT2D eigenvalue weighted by Gasteiger charge is 2.27. The molecule has 0 fully saturated rings. The number of hydrogen-bond acceptors (Lipinski definition) is 8. The number of anilines is 1. The number of thiophene rings is 1. The Morgan fingerprint density at radius 2 is 1.84 bits per heavy atom. The molecule has 2 aromatic rings. The summed E-state index contributed by atoms with van der Waals surface area (Å²) in [6, 6.07) is 7.45. The van der Waals surface area contributed by atoms with Gasteiger partial charge in [0.1, 0.15) is 22.2 Å². The second-order valence-electron chi connectivity index (χ2n) is 6.45. The van der Waals surface area contributed by atoms with Gasteiger partial charge in [-0.15, -0.1) is 11.3 Å². The first kappa shape index (κ1) is 24.4. The molecule has 0 bridgehead atoms. The second kappa shape index (κ2) is 12.1. The Morgan fingerprint density at radius 3 is 2.52 bits per heavy atom. The van der Waals surface area contributed by atoms with Crippen molar-refractivity contribution in [3.63, 3.8) is 0 Å². The highest BCUT2D eigenvalue weighted by Crippen LogP contribution is 2.34. The summed E-state index contributed by atoms with van der Waals surface area (Å²) in [5.41, 5.74) is 1.61. The number of esters is 2. The SMILES string of the molecule is CCOC(=O)c1c(NC(=O)COc2cccc(CC)c2)sc(C(=O)OCCOC)c1C. The highest BCUT2D eigenvalue weighted by atomic mass is 32.1. The lowest BCUT2D eigenvalue weighted by Crippen LogP contribution is -2.21. The molecular weight excluding hydrogens is 422 g/mol. The van der Waals surface area contributed by atoms with E-state index >= 15 is 0 Å². The fraction of sp³-hybridized carbons (Fsp3) is 0.409. The van der Waals surface area contributed by atoms with Gasteiger partial charge in [0, 0.05) is 7.11 Å². The molecule has 2 rings (SSSR count). The number of carbonyl (C=O) groups excluding carboxylic acids is 3. The van der Waals surface area contributed by atoms with Crippen LogP contribution in [0.2, 0.25) is 0 Å². The molecule has 168 valence electrons. The number of benzene rings is 1. The summed E-state index contributed by atoms with van der Waals surface area (Å²) >= 11 is 0.959. The van der Waals surface area contributed by atoms with Crippen molar-refractivity contribution in [2.75, 3.05) is 38.9 Å². The molecule has 0 saturated carbocycles. The normalized spacial score (nSPS) is 10.5. The molecule has 1 amide bonds. The second-order valence-corrected chi connectivity index (χ2v) is 7.47. The van der Waals surface area contributed by atoms with Gasteiger partial charge in [-0.25, -0.2) is 9.59 Å². The molecule has 1 aromatic carbocycles. The van der Waals surface area contributed by atoms with Crippen molar-refractivity contribution in [2.24, 2.45) is 0 Å². The molecular formula is C22H27NO7S. The molecule has 31 heavy (non-hydrogen) atoms. The van der Waals surface area contributed by atoms with Gasteiger partial charge in [0.25, 0.3) is 5.91 Å². The predicted octanol–water partition coefficient (Wildman–Crippen LogP) is 3.62. The van der Waals surface area contributed by atoms with E-state index in [2.05, 4.69) is 5.32 Å². The van der Waals surface area contributed by atoms with Gasteiger partial charge in [-0.2, -0.15) is 0 Å². The number of aryl methyl sites for hydroxylation is 1. The monoisotopic (exact) mass is 449 g/mol. The average molecular weight is 450 g/mol. The van der Waals surface area contributed by atoms with E-state index in [1.807, 2.05) is 25.1 Å². The van der Waals surface area contributed by atoms with E-state index in [0.29, 0.717) is 11.3 Å². The topological polar surface area (TPSA) is 100 Å². The average Bonchev–Trinajstić information content (AvgIpc) is 3.08. The summed E-state index contributed by atoms with van der Waals surface area (Å²) in [6.07, 6.45) is 0.851. The lowest BCUT2D eigenvalue weighted by atomic mass is 10.1. The third kappa shape index (κ3) is 6.80. The van der Waals surface area contributed by atoms with Gasteiger partial charge in [-0.05, 0) is 43.5 Å². The van der Waals surface area contributed by atoms with Crippen LogP contribution in [0.15, 0.2) is 24.3 Å². The Kier molecular flexibility index (Phi) is 9.48. The van der Waals surface area contributed by atoms with Crippen molar-refractivity contribution >= 4 is 34.2 Å². The molecule has 0 atom stereocenters. The Labute approximate surface area is 185 Å². The van der Waals surface area contributed by atoms with Crippen LogP contribution in [0.1, 0.15) is 45.0 Å². The maximum Gasteiger partial charge on any atom is 0.348 e. The molecule has 0 aliphatic carbocycles. The first-order valence-electron chi connectivity index (χ1n) is 9.89. The van der Waals surface area contributed by atoms with Crippen LogP contribution in [0.25, 0.3) is 0 Å². The number of nitrogens with one attached hydrogen (secondary N) is 1. The van der Waals surface area contributed by atoms with Crippen LogP contribution in [0.5, 0.6) is 5.75 Å². The number of methoxy groups -OCH3 is 1. The quantitative estimate of drug-likeness (QED) is 0.413. The van der Waals surface area contributed by atoms with Crippen LogP contribution in [0.4, 0.5) is 5.00 Å². The van der Waals surface area contributed by atoms with Gasteiger partial charge in [0.05, 0.1) is 18.8 Å². The minimum Gasteiger partial charge on any atom is -0.484 e. The van der Waals surface area contributed by atoms with Gasteiger partial charge in [-0.1, -0.05) is 19.1 Å². The molecule has 0 aliphatic rings. The lowest BCUT2D eigenvalue weighted by molar-refractivity contribution is -0.118. The molecule has 0 unspecified atom stereocenters. The predicted molar refractivity (Wildman–Crippen MR) is 117 cm³/mol. The van der Waals surface area contributed by atoms with Gasteiger partial charge >= 0.3 is 11.9 Å². The maximum atomic E-state index is 12.5. The fourth-order valence-electron chi connectivity index (χ4n) is 2.70. The van der Waals surface area contributed by atoms with Crippen molar-refractivity contribution in [2.45, 2.75) is 27.2 Å². The van der Waals surface area contributed by atoms with E-state index in [9.17, 15) is 14.4 Å². The Balaban J connectivity index is 2.16. The van der Waals surface area contributed by atoms with Crippen LogP contribution >= 0.6 is 11.3 Å². The number of hydrogen-bond donors (Lipinski definition) is 1. The van der Waals surface area contributed by atoms with Crippen molar-refractivity contribution in [1.82, 2.24) is 0 Å². The molecule has 0 radical (unpaired) electrons. The van der Waals surface area contributed by atoms with Crippen LogP contribution in [0, 0.1) is 6.92 Å². The highest BCUT2D eigenvalue weighted by molar-refractivity contribution is 7.18. The molecule has 1 heterocycles. The first-order chi connectivity index (χ1) is 14.9. The maximum absolute atomic E-state index is 12.5. The zero-order valence-electron chi connectivity index (χ0n) is 18.1. The minimum absolute atomic E-state index is 0.0772. The largest absolute Gasteiger partial charge is 0.484 e. The van der Waals surface area contributed by atoms with Crippen molar-refractivity contribution in [3.05, 3.63) is 45.8 Å². The van der Waals surface area contributed by atoms with E-state index < -0.39 is 17.8 Å². The van der Waals surface area contributed by atoms with E-state index in [1.54, 1.807) is 19.9 Å². The van der Waals surface area contributed by atoms with Crippen LogP contribution < -0.4 is 10.1 Å². The Morgan fingerprint density at radius 1 is 1.06 bits per heavy atom. The summed E-state index contributed by atoms with van der Waals surface area (Å²) in [7, 11) is 1.50. The molecule has 1 N–H and O–H groups in total. The Hall–Kier alpha value is -2.91. The third-order valence-electron chi connectivity index (χ3n) is 4.26. The minimum atomic E-state index is -0.626.